The first-order valence-corrected chi connectivity index (χ1v) is 11.9. The van der Waals surface area contributed by atoms with Gasteiger partial charge in [0.2, 0.25) is 15.9 Å². The van der Waals surface area contributed by atoms with Crippen molar-refractivity contribution in [2.45, 2.75) is 23.9 Å². The molecule has 1 N–H and O–H groups in total. The maximum Gasteiger partial charge on any atom is 0.416 e. The summed E-state index contributed by atoms with van der Waals surface area (Å²) in [6, 6.07) is 10.5. The molecule has 34 heavy (non-hydrogen) atoms. The molecule has 12 heteroatoms. The summed E-state index contributed by atoms with van der Waals surface area (Å²) in [5.74, 6) is 0.148. The van der Waals surface area contributed by atoms with Crippen LogP contribution in [0.2, 0.25) is 0 Å². The number of aromatic nitrogens is 2. The minimum atomic E-state index is -4.65. The van der Waals surface area contributed by atoms with Crippen LogP contribution >= 0.6 is 0 Å². The lowest BCUT2D eigenvalue weighted by Gasteiger charge is -2.34. The Morgan fingerprint density at radius 3 is 2.44 bits per heavy atom. The first-order valence-electron chi connectivity index (χ1n) is 10.5. The van der Waals surface area contributed by atoms with Crippen molar-refractivity contribution < 1.29 is 26.4 Å². The summed E-state index contributed by atoms with van der Waals surface area (Å²) >= 11 is 0. The highest BCUT2D eigenvalue weighted by molar-refractivity contribution is 7.89. The first-order chi connectivity index (χ1) is 16.1. The number of para-hydroxylation sites is 1. The van der Waals surface area contributed by atoms with Gasteiger partial charge in [-0.1, -0.05) is 18.2 Å². The fourth-order valence-electron chi connectivity index (χ4n) is 3.80. The fraction of sp³-hybridized carbons (Fsp3) is 0.318. The number of alkyl halides is 3. The number of carbonyl (C=O) groups excluding carboxylic acids is 1. The smallest absolute Gasteiger partial charge is 0.340 e. The van der Waals surface area contributed by atoms with E-state index in [9.17, 15) is 31.2 Å². The second-order valence-corrected chi connectivity index (χ2v) is 9.78. The number of nitrogens with one attached hydrogen (secondary N) is 1. The number of nitrogens with zero attached hydrogens (tertiary/aromatic N) is 3. The van der Waals surface area contributed by atoms with Crippen molar-refractivity contribution in [1.29, 1.82) is 0 Å². The zero-order chi connectivity index (χ0) is 24.5. The molecule has 0 spiro atoms. The van der Waals surface area contributed by atoms with Crippen molar-refractivity contribution in [2.75, 3.05) is 26.2 Å². The zero-order valence-electron chi connectivity index (χ0n) is 17.9. The summed E-state index contributed by atoms with van der Waals surface area (Å²) in [6.45, 7) is 0.155. The molecule has 1 saturated heterocycles. The third-order valence-electron chi connectivity index (χ3n) is 5.63. The molecule has 4 rings (SSSR count). The number of sulfonamides is 1. The standard InChI is InChI=1S/C22H21F3N4O4S/c23-22(24,25)15-4-3-5-16(14-15)34(32,33)29-12-10-28(11-13-29)20(30)9-8-19-26-18-7-2-1-6-17(18)21(31)27-19/h1-7,14H,8-13H2,(H,26,27,31). The van der Waals surface area contributed by atoms with E-state index in [1.165, 1.54) is 4.90 Å². The third kappa shape index (κ3) is 4.97. The lowest BCUT2D eigenvalue weighted by atomic mass is 10.2. The van der Waals surface area contributed by atoms with Crippen LogP contribution in [0.25, 0.3) is 10.9 Å². The van der Waals surface area contributed by atoms with Crippen LogP contribution in [0.1, 0.15) is 17.8 Å². The summed E-state index contributed by atoms with van der Waals surface area (Å²) in [4.78, 5) is 32.9. The number of aryl methyl sites for hydroxylation is 1. The number of rotatable bonds is 5. The van der Waals surface area contributed by atoms with E-state index in [2.05, 4.69) is 9.97 Å². The highest BCUT2D eigenvalue weighted by atomic mass is 32.2. The molecule has 180 valence electrons. The van der Waals surface area contributed by atoms with Gasteiger partial charge in [-0.2, -0.15) is 17.5 Å². The largest absolute Gasteiger partial charge is 0.416 e. The molecule has 1 amide bonds. The van der Waals surface area contributed by atoms with Crippen molar-refractivity contribution >= 4 is 26.8 Å². The van der Waals surface area contributed by atoms with Crippen LogP contribution in [0, 0.1) is 0 Å². The van der Waals surface area contributed by atoms with E-state index in [4.69, 9.17) is 0 Å². The molecule has 1 aliphatic heterocycles. The summed E-state index contributed by atoms with van der Waals surface area (Å²) in [5.41, 5.74) is -0.800. The molecule has 2 aromatic carbocycles. The average Bonchev–Trinajstić information content (AvgIpc) is 2.82. The topological polar surface area (TPSA) is 103 Å². The number of benzene rings is 2. The van der Waals surface area contributed by atoms with Crippen LogP contribution in [0.4, 0.5) is 13.2 Å². The van der Waals surface area contributed by atoms with E-state index in [1.807, 2.05) is 0 Å². The summed E-state index contributed by atoms with van der Waals surface area (Å²) < 4.78 is 65.6. The molecule has 0 saturated carbocycles. The van der Waals surface area contributed by atoms with Gasteiger partial charge in [0.1, 0.15) is 5.82 Å². The monoisotopic (exact) mass is 494 g/mol. The molecule has 2 heterocycles. The number of H-pyrrole nitrogens is 1. The van der Waals surface area contributed by atoms with E-state index in [0.717, 1.165) is 22.5 Å². The summed E-state index contributed by atoms with van der Waals surface area (Å²) in [6.07, 6.45) is -4.37. The Balaban J connectivity index is 1.37. The Morgan fingerprint density at radius 1 is 1.03 bits per heavy atom. The van der Waals surface area contributed by atoms with Gasteiger partial charge in [0.15, 0.2) is 0 Å². The number of aromatic amines is 1. The van der Waals surface area contributed by atoms with Gasteiger partial charge in [-0.25, -0.2) is 13.4 Å². The SMILES string of the molecule is O=C(CCc1nc2ccccc2c(=O)[nH]1)N1CCN(S(=O)(=O)c2cccc(C(F)(F)F)c2)CC1. The van der Waals surface area contributed by atoms with E-state index in [-0.39, 0.29) is 50.5 Å². The molecule has 8 nitrogen and oxygen atoms in total. The molecule has 0 radical (unpaired) electrons. The highest BCUT2D eigenvalue weighted by Gasteiger charge is 2.34. The van der Waals surface area contributed by atoms with Crippen LogP contribution in [0.5, 0.6) is 0 Å². The van der Waals surface area contributed by atoms with Crippen LogP contribution in [-0.4, -0.2) is 59.7 Å². The molecule has 1 aromatic heterocycles. The predicted octanol–water partition coefficient (Wildman–Crippen LogP) is 2.41. The maximum absolute atomic E-state index is 13.0. The molecular weight excluding hydrogens is 473 g/mol. The first kappa shape index (κ1) is 23.9. The normalized spacial score (nSPS) is 15.6. The molecule has 3 aromatic rings. The molecule has 1 aliphatic rings. The maximum atomic E-state index is 13.0. The molecule has 0 unspecified atom stereocenters. The molecule has 0 bridgehead atoms. The third-order valence-corrected chi connectivity index (χ3v) is 7.52. The fourth-order valence-corrected chi connectivity index (χ4v) is 5.27. The van der Waals surface area contributed by atoms with E-state index in [1.54, 1.807) is 24.3 Å². The Hall–Kier alpha value is -3.25. The zero-order valence-corrected chi connectivity index (χ0v) is 18.7. The Morgan fingerprint density at radius 2 is 1.74 bits per heavy atom. The number of amides is 1. The van der Waals surface area contributed by atoms with Crippen LogP contribution in [-0.2, 0) is 27.4 Å². The average molecular weight is 494 g/mol. The van der Waals surface area contributed by atoms with Gasteiger partial charge >= 0.3 is 6.18 Å². The van der Waals surface area contributed by atoms with Gasteiger partial charge in [0, 0.05) is 39.0 Å². The Bertz CT molecular complexity index is 1380. The van der Waals surface area contributed by atoms with Crippen LogP contribution < -0.4 is 5.56 Å². The second kappa shape index (κ2) is 9.18. The van der Waals surface area contributed by atoms with E-state index >= 15 is 0 Å². The minimum Gasteiger partial charge on any atom is -0.340 e. The van der Waals surface area contributed by atoms with Gasteiger partial charge in [-0.05, 0) is 30.3 Å². The molecular formula is C22H21F3N4O4S. The lowest BCUT2D eigenvalue weighted by molar-refractivity contribution is -0.137. The predicted molar refractivity (Wildman–Crippen MR) is 117 cm³/mol. The minimum absolute atomic E-state index is 0.0324. The van der Waals surface area contributed by atoms with Gasteiger partial charge in [0.25, 0.3) is 5.56 Å². The highest BCUT2D eigenvalue weighted by Crippen LogP contribution is 2.31. The number of hydrogen-bond donors (Lipinski definition) is 1. The Kier molecular flexibility index (Phi) is 6.45. The number of carbonyl (C=O) groups is 1. The van der Waals surface area contributed by atoms with Crippen molar-refractivity contribution in [3.8, 4) is 0 Å². The molecule has 0 aliphatic carbocycles. The van der Waals surface area contributed by atoms with Gasteiger partial charge < -0.3 is 9.88 Å². The lowest BCUT2D eigenvalue weighted by Crippen LogP contribution is -2.50. The van der Waals surface area contributed by atoms with Gasteiger partial charge in [0.05, 0.1) is 21.4 Å². The number of piperazine rings is 1. The molecule has 1 fully saturated rings. The summed E-state index contributed by atoms with van der Waals surface area (Å²) in [7, 11) is -4.13. The number of halogens is 3. The van der Waals surface area contributed by atoms with Crippen molar-refractivity contribution in [3.05, 3.63) is 70.3 Å². The van der Waals surface area contributed by atoms with Crippen molar-refractivity contribution in [3.63, 3.8) is 0 Å². The molecule has 0 atom stereocenters. The van der Waals surface area contributed by atoms with E-state index < -0.39 is 26.7 Å². The Labute approximate surface area is 193 Å². The van der Waals surface area contributed by atoms with E-state index in [0.29, 0.717) is 22.8 Å². The quantitative estimate of drug-likeness (QED) is 0.587. The number of fused-ring (bicyclic) bond motifs is 1. The van der Waals surface area contributed by atoms with Gasteiger partial charge in [-0.15, -0.1) is 0 Å². The number of hydrogen-bond acceptors (Lipinski definition) is 5. The second-order valence-electron chi connectivity index (χ2n) is 7.84. The van der Waals surface area contributed by atoms with Crippen molar-refractivity contribution in [2.24, 2.45) is 0 Å². The van der Waals surface area contributed by atoms with Crippen LogP contribution in [0.3, 0.4) is 0 Å². The summed E-state index contributed by atoms with van der Waals surface area (Å²) in [5, 5.41) is 0.454. The van der Waals surface area contributed by atoms with Crippen molar-refractivity contribution in [1.82, 2.24) is 19.2 Å². The van der Waals surface area contributed by atoms with Gasteiger partial charge in [-0.3, -0.25) is 9.59 Å². The van der Waals surface area contributed by atoms with Crippen LogP contribution in [0.15, 0.2) is 58.2 Å².